The van der Waals surface area contributed by atoms with Crippen molar-refractivity contribution in [1.82, 2.24) is 24.9 Å². The fourth-order valence-corrected chi connectivity index (χ4v) is 3.61. The number of carboxylic acids is 3. The van der Waals surface area contributed by atoms with E-state index < -0.39 is 17.9 Å². The van der Waals surface area contributed by atoms with Crippen molar-refractivity contribution in [3.05, 3.63) is 10.4 Å². The molecule has 0 radical (unpaired) electrons. The molecule has 1 fully saturated rings. The van der Waals surface area contributed by atoms with E-state index in [0.717, 1.165) is 0 Å². The molecule has 0 aromatic carbocycles. The van der Waals surface area contributed by atoms with E-state index in [4.69, 9.17) is 5.53 Å². The van der Waals surface area contributed by atoms with Gasteiger partial charge in [0.2, 0.25) is 5.91 Å². The Hall–Kier alpha value is -2.97. The van der Waals surface area contributed by atoms with Crippen LogP contribution in [-0.4, -0.2) is 150 Å². The van der Waals surface area contributed by atoms with Crippen molar-refractivity contribution < 1.29 is 34.5 Å². The highest BCUT2D eigenvalue weighted by atomic mass is 16.4. The van der Waals surface area contributed by atoms with Crippen LogP contribution in [0.4, 0.5) is 0 Å². The van der Waals surface area contributed by atoms with Crippen LogP contribution in [-0.2, 0) is 19.2 Å². The molecule has 1 rings (SSSR count). The molecule has 1 unspecified atom stereocenters. The van der Waals surface area contributed by atoms with E-state index in [1.807, 2.05) is 4.90 Å². The van der Waals surface area contributed by atoms with Gasteiger partial charge in [0.25, 0.3) is 0 Å². The van der Waals surface area contributed by atoms with Crippen LogP contribution in [0.15, 0.2) is 5.11 Å². The minimum absolute atomic E-state index is 0.0445. The highest BCUT2D eigenvalue weighted by molar-refractivity contribution is 5.78. The van der Waals surface area contributed by atoms with Gasteiger partial charge in [-0.15, -0.1) is 0 Å². The Morgan fingerprint density at radius 2 is 1.11 bits per heavy atom. The lowest BCUT2D eigenvalue weighted by molar-refractivity contribution is -0.140. The quantitative estimate of drug-likeness (QED) is 0.140. The first-order valence-corrected chi connectivity index (χ1v) is 11.4. The number of carboxylic acid groups (broad SMARTS) is 3. The highest BCUT2D eigenvalue weighted by Gasteiger charge is 2.21. The van der Waals surface area contributed by atoms with Gasteiger partial charge in [-0.1, -0.05) is 12.0 Å². The van der Waals surface area contributed by atoms with Gasteiger partial charge in [-0.25, -0.2) is 0 Å². The summed E-state index contributed by atoms with van der Waals surface area (Å²) in [6.07, 6.45) is 0.488. The van der Waals surface area contributed by atoms with Crippen molar-refractivity contribution in [1.29, 1.82) is 0 Å². The molecule has 35 heavy (non-hydrogen) atoms. The molecule has 15 nitrogen and oxygen atoms in total. The van der Waals surface area contributed by atoms with E-state index in [1.54, 1.807) is 21.6 Å². The van der Waals surface area contributed by atoms with Crippen molar-refractivity contribution in [3.8, 4) is 0 Å². The molecule has 15 heteroatoms. The van der Waals surface area contributed by atoms with Crippen LogP contribution in [0.3, 0.4) is 0 Å². The van der Waals surface area contributed by atoms with Crippen LogP contribution in [0.25, 0.3) is 10.4 Å². The number of carbonyl (C=O) groups is 4. The van der Waals surface area contributed by atoms with Gasteiger partial charge in [0.1, 0.15) is 0 Å². The average Bonchev–Trinajstić information content (AvgIpc) is 2.74. The van der Waals surface area contributed by atoms with E-state index in [-0.39, 0.29) is 38.1 Å². The highest BCUT2D eigenvalue weighted by Crippen LogP contribution is 2.02. The van der Waals surface area contributed by atoms with Crippen LogP contribution in [0.2, 0.25) is 0 Å². The summed E-state index contributed by atoms with van der Waals surface area (Å²) >= 11 is 0. The second-order valence-corrected chi connectivity index (χ2v) is 8.48. The standard InChI is InChI=1S/C20H36N8O7/c1-16(23-24-21)2-3-22-17(29)12-25-4-6-26(13-18(30)31)8-10-28(15-20(34)35)11-9-27(7-5-25)14-19(32)33/h16H,2-15H2,1H3,(H,22,29)(H,30,31)(H,32,33)(H,34,35). The SMILES string of the molecule is CC(CCNC(=O)CN1CCN(CC(=O)O)CCN(CC(=O)O)CCN(CC(=O)O)CC1)N=[N+]=[N-]. The van der Waals surface area contributed by atoms with Crippen LogP contribution >= 0.6 is 0 Å². The van der Waals surface area contributed by atoms with Crippen molar-refractivity contribution in [2.45, 2.75) is 19.4 Å². The predicted octanol–water partition coefficient (Wildman–Crippen LogP) is -1.33. The van der Waals surface area contributed by atoms with Crippen molar-refractivity contribution in [2.24, 2.45) is 5.11 Å². The molecular weight excluding hydrogens is 464 g/mol. The number of hydrogen-bond acceptors (Lipinski definition) is 9. The molecule has 4 N–H and O–H groups in total. The molecule has 1 aliphatic heterocycles. The maximum atomic E-state index is 12.5. The smallest absolute Gasteiger partial charge is 0.317 e. The Bertz CT molecular complexity index is 730. The molecule has 1 atom stereocenters. The minimum atomic E-state index is -1.02. The molecule has 1 heterocycles. The summed E-state index contributed by atoms with van der Waals surface area (Å²) < 4.78 is 0. The lowest BCUT2D eigenvalue weighted by atomic mass is 10.2. The fraction of sp³-hybridized carbons (Fsp3) is 0.800. The van der Waals surface area contributed by atoms with E-state index >= 15 is 0 Å². The minimum Gasteiger partial charge on any atom is -0.480 e. The number of aliphatic carboxylic acids is 3. The summed E-state index contributed by atoms with van der Waals surface area (Å²) in [6, 6.07) is -0.253. The summed E-state index contributed by atoms with van der Waals surface area (Å²) in [6.45, 7) is 4.13. The summed E-state index contributed by atoms with van der Waals surface area (Å²) in [5.74, 6) is -3.27. The first-order valence-electron chi connectivity index (χ1n) is 11.4. The Morgan fingerprint density at radius 1 is 0.771 bits per heavy atom. The first kappa shape index (κ1) is 30.1. The summed E-state index contributed by atoms with van der Waals surface area (Å²) in [4.78, 5) is 55.9. The molecule has 0 bridgehead atoms. The molecule has 0 aliphatic carbocycles. The zero-order chi connectivity index (χ0) is 26.2. The van der Waals surface area contributed by atoms with Crippen LogP contribution in [0.5, 0.6) is 0 Å². The summed E-state index contributed by atoms with van der Waals surface area (Å²) in [5.41, 5.74) is 8.45. The van der Waals surface area contributed by atoms with Gasteiger partial charge in [0.05, 0.1) is 26.2 Å². The topological polar surface area (TPSA) is 203 Å². The number of amides is 1. The second kappa shape index (κ2) is 16.6. The van der Waals surface area contributed by atoms with Crippen LogP contribution < -0.4 is 5.32 Å². The molecule has 1 amide bonds. The van der Waals surface area contributed by atoms with E-state index in [9.17, 15) is 34.5 Å². The molecule has 198 valence electrons. The summed E-state index contributed by atoms with van der Waals surface area (Å²) in [7, 11) is 0. The molecule has 1 saturated heterocycles. The van der Waals surface area contributed by atoms with Gasteiger partial charge >= 0.3 is 17.9 Å². The second-order valence-electron chi connectivity index (χ2n) is 8.48. The van der Waals surface area contributed by atoms with Gasteiger partial charge in [-0.05, 0) is 12.0 Å². The van der Waals surface area contributed by atoms with Gasteiger partial charge < -0.3 is 20.6 Å². The normalized spacial score (nSPS) is 18.4. The van der Waals surface area contributed by atoms with Gasteiger partial charge in [0, 0.05) is 69.9 Å². The number of rotatable bonds is 12. The third-order valence-corrected chi connectivity index (χ3v) is 5.51. The number of azide groups is 1. The maximum absolute atomic E-state index is 12.5. The van der Waals surface area contributed by atoms with Gasteiger partial charge in [-0.2, -0.15) is 0 Å². The van der Waals surface area contributed by atoms with Gasteiger partial charge in [0.15, 0.2) is 0 Å². The molecular formula is C20H36N8O7. The molecule has 1 aliphatic rings. The third kappa shape index (κ3) is 14.8. The lowest BCUT2D eigenvalue weighted by Crippen LogP contribution is -2.49. The Morgan fingerprint density at radius 3 is 1.43 bits per heavy atom. The molecule has 0 saturated carbocycles. The number of nitrogens with one attached hydrogen (secondary N) is 1. The monoisotopic (exact) mass is 500 g/mol. The number of hydrogen-bond donors (Lipinski definition) is 4. The van der Waals surface area contributed by atoms with Crippen molar-refractivity contribution in [3.63, 3.8) is 0 Å². The first-order chi connectivity index (χ1) is 16.6. The van der Waals surface area contributed by atoms with Crippen LogP contribution in [0.1, 0.15) is 13.3 Å². The molecule has 0 spiro atoms. The number of nitrogens with zero attached hydrogens (tertiary/aromatic N) is 7. The fourth-order valence-electron chi connectivity index (χ4n) is 3.61. The Labute approximate surface area is 203 Å². The van der Waals surface area contributed by atoms with Crippen molar-refractivity contribution in [2.75, 3.05) is 85.1 Å². The Balaban J connectivity index is 2.86. The molecule has 0 aromatic heterocycles. The zero-order valence-electron chi connectivity index (χ0n) is 20.1. The van der Waals surface area contributed by atoms with E-state index in [2.05, 4.69) is 15.3 Å². The third-order valence-electron chi connectivity index (χ3n) is 5.51. The van der Waals surface area contributed by atoms with E-state index in [1.165, 1.54) is 0 Å². The molecule has 0 aromatic rings. The van der Waals surface area contributed by atoms with Crippen molar-refractivity contribution >= 4 is 23.8 Å². The predicted molar refractivity (Wildman–Crippen MR) is 125 cm³/mol. The van der Waals surface area contributed by atoms with Crippen LogP contribution in [0, 0.1) is 0 Å². The largest absolute Gasteiger partial charge is 0.480 e. The maximum Gasteiger partial charge on any atom is 0.317 e. The lowest BCUT2D eigenvalue weighted by Gasteiger charge is -2.32. The number of carbonyl (C=O) groups excluding carboxylic acids is 1. The van der Waals surface area contributed by atoms with E-state index in [0.29, 0.717) is 65.3 Å². The Kier molecular flexibility index (Phi) is 14.3. The summed E-state index contributed by atoms with van der Waals surface area (Å²) in [5, 5.41) is 34.0. The zero-order valence-corrected chi connectivity index (χ0v) is 20.1. The average molecular weight is 501 g/mol. The van der Waals surface area contributed by atoms with Gasteiger partial charge in [-0.3, -0.25) is 38.8 Å².